The van der Waals surface area contributed by atoms with E-state index in [4.69, 9.17) is 23.3 Å². The largest absolute Gasteiger partial charge is 0.481 e. The normalized spacial score (nSPS) is 13.6. The van der Waals surface area contributed by atoms with Gasteiger partial charge in [-0.3, -0.25) is 48.6 Å². The topological polar surface area (TPSA) is 374 Å². The lowest BCUT2D eigenvalue weighted by Gasteiger charge is -2.29. The summed E-state index contributed by atoms with van der Waals surface area (Å²) in [5.74, 6) is -6.33. The van der Waals surface area contributed by atoms with Gasteiger partial charge in [0.15, 0.2) is 5.96 Å². The van der Waals surface area contributed by atoms with Crippen LogP contribution in [0.2, 0.25) is 0 Å². The van der Waals surface area contributed by atoms with Crippen molar-refractivity contribution in [2.45, 2.75) is 122 Å². The zero-order valence-corrected chi connectivity index (χ0v) is 39.3. The number of carbonyl (C=O) groups excluding carboxylic acids is 8. The number of para-hydroxylation sites is 1. The molecule has 0 aliphatic heterocycles. The highest BCUT2D eigenvalue weighted by Crippen LogP contribution is 2.20. The van der Waals surface area contributed by atoms with Crippen molar-refractivity contribution in [3.63, 3.8) is 0 Å². The van der Waals surface area contributed by atoms with Gasteiger partial charge in [0.05, 0.1) is 13.1 Å². The molecule has 0 aliphatic rings. The first-order valence-corrected chi connectivity index (χ1v) is 22.5. The first-order valence-electron chi connectivity index (χ1n) is 22.5. The standard InChI is InChI=1S/C45H69N13O10/c1-7-20-49-35(60)24-52-39(63)31(16-12-21-50-45(47)48)54-40(64)33(17-18-36(61)62)56-44(68)37(25(2)3)57-41(65)32(15-10-11-19-46)55-43(67)38(26(4)5)58-42(66)34(53-27(6)59)22-28-23-51-30-14-9-8-13-29(28)30/h1,8-9,13-14,23,25-26,31-34,37-38,51H,10-12,15-22,24,46H2,2-6H3,(H,49,60)(H,52,63)(H,53,59)(H,54,64)(H,55,67)(H,56,68)(H,57,65)(H,58,66)(H,61,62)(H4,47,48,50)/t31-,32-,33-,34-,37-,38-/m0/s1. The van der Waals surface area contributed by atoms with Crippen LogP contribution >= 0.6 is 0 Å². The molecule has 0 saturated heterocycles. The molecule has 1 aromatic carbocycles. The highest BCUT2D eigenvalue weighted by atomic mass is 16.4. The van der Waals surface area contributed by atoms with Crippen molar-refractivity contribution in [2.24, 2.45) is 23.3 Å². The fourth-order valence-corrected chi connectivity index (χ4v) is 6.95. The Hall–Kier alpha value is -7.22. The molecular weight excluding hydrogens is 883 g/mol. The minimum Gasteiger partial charge on any atom is -0.481 e. The highest BCUT2D eigenvalue weighted by Gasteiger charge is 2.35. The Bertz CT molecular complexity index is 2120. The number of carbonyl (C=O) groups is 9. The molecule has 8 amide bonds. The van der Waals surface area contributed by atoms with Crippen molar-refractivity contribution < 1.29 is 48.3 Å². The van der Waals surface area contributed by atoms with Crippen LogP contribution in [0.15, 0.2) is 30.5 Å². The summed E-state index contributed by atoms with van der Waals surface area (Å²) < 4.78 is 0. The molecule has 2 rings (SSSR count). The number of rotatable bonds is 30. The molecule has 68 heavy (non-hydrogen) atoms. The molecule has 374 valence electrons. The number of guanidine groups is 1. The van der Waals surface area contributed by atoms with E-state index in [1.54, 1.807) is 33.9 Å². The summed E-state index contributed by atoms with van der Waals surface area (Å²) in [6, 6.07) is -0.191. The third-order valence-electron chi connectivity index (χ3n) is 10.6. The van der Waals surface area contributed by atoms with Gasteiger partial charge >= 0.3 is 5.97 Å². The monoisotopic (exact) mass is 952 g/mol. The summed E-state index contributed by atoms with van der Waals surface area (Å²) in [5, 5.41) is 40.9. The quantitative estimate of drug-likeness (QED) is 0.0176. The molecule has 0 bridgehead atoms. The fourth-order valence-electron chi connectivity index (χ4n) is 6.95. The van der Waals surface area contributed by atoms with Crippen LogP contribution in [-0.4, -0.2) is 132 Å². The Morgan fingerprint density at radius 1 is 0.706 bits per heavy atom. The molecule has 6 atom stereocenters. The minimum atomic E-state index is -1.53. The van der Waals surface area contributed by atoms with E-state index in [9.17, 15) is 48.3 Å². The van der Waals surface area contributed by atoms with Gasteiger partial charge in [-0.15, -0.1) is 6.42 Å². The maximum absolute atomic E-state index is 14.1. The lowest BCUT2D eigenvalue weighted by atomic mass is 9.99. The van der Waals surface area contributed by atoms with Crippen LogP contribution < -0.4 is 59.3 Å². The van der Waals surface area contributed by atoms with E-state index in [1.807, 2.05) is 24.3 Å². The summed E-state index contributed by atoms with van der Waals surface area (Å²) in [6.07, 6.45) is 7.11. The SMILES string of the molecule is C#CCNC(=O)CNC(=O)[C@H](CCCNC(=N)N)NC(=O)[C@H](CCC(=O)O)NC(=O)[C@@H](NC(=O)[C@H](CCCCN)NC(=O)[C@@H](NC(=O)[C@H](Cc1c[nH]c2ccccc12)NC(C)=O)C(C)C)C(C)C. The second-order valence-corrected chi connectivity index (χ2v) is 16.9. The molecule has 16 N–H and O–H groups in total. The number of carboxylic acids is 1. The van der Waals surface area contributed by atoms with Gasteiger partial charge in [0.1, 0.15) is 36.3 Å². The van der Waals surface area contributed by atoms with Crippen molar-refractivity contribution in [2.75, 3.05) is 26.2 Å². The number of H-pyrrole nitrogens is 1. The third-order valence-corrected chi connectivity index (χ3v) is 10.6. The Kier molecular flexibility index (Phi) is 24.6. The third kappa shape index (κ3) is 20.1. The van der Waals surface area contributed by atoms with Gasteiger partial charge in [0, 0.05) is 43.4 Å². The predicted octanol–water partition coefficient (Wildman–Crippen LogP) is -1.93. The molecule has 1 heterocycles. The number of amides is 8. The average Bonchev–Trinajstić information content (AvgIpc) is 3.69. The molecule has 0 aliphatic carbocycles. The van der Waals surface area contributed by atoms with Crippen molar-refractivity contribution in [3.8, 4) is 12.3 Å². The number of benzene rings is 1. The Morgan fingerprint density at radius 2 is 1.25 bits per heavy atom. The van der Waals surface area contributed by atoms with Gasteiger partial charge in [0.2, 0.25) is 47.3 Å². The fraction of sp³-hybridized carbons (Fsp3) is 0.556. The van der Waals surface area contributed by atoms with E-state index >= 15 is 0 Å². The van der Waals surface area contributed by atoms with E-state index in [0.29, 0.717) is 12.8 Å². The average molecular weight is 952 g/mol. The summed E-state index contributed by atoms with van der Waals surface area (Å²) in [6.45, 7) is 7.72. The van der Waals surface area contributed by atoms with E-state index in [2.05, 4.69) is 58.8 Å². The number of hydrogen-bond donors (Lipinski definition) is 14. The van der Waals surface area contributed by atoms with Crippen LogP contribution in [0.4, 0.5) is 0 Å². The lowest BCUT2D eigenvalue weighted by Crippen LogP contribution is -2.61. The highest BCUT2D eigenvalue weighted by molar-refractivity contribution is 5.98. The van der Waals surface area contributed by atoms with E-state index < -0.39 is 121 Å². The van der Waals surface area contributed by atoms with Gasteiger partial charge in [-0.1, -0.05) is 51.8 Å². The number of unbranched alkanes of at least 4 members (excludes halogenated alkanes) is 1. The van der Waals surface area contributed by atoms with Crippen molar-refractivity contribution in [3.05, 3.63) is 36.0 Å². The van der Waals surface area contributed by atoms with Crippen LogP contribution in [0.3, 0.4) is 0 Å². The number of nitrogens with two attached hydrogens (primary N) is 2. The Morgan fingerprint density at radius 3 is 1.81 bits per heavy atom. The number of nitrogens with one attached hydrogen (secondary N) is 11. The van der Waals surface area contributed by atoms with Crippen molar-refractivity contribution >= 4 is 70.1 Å². The molecule has 0 fully saturated rings. The van der Waals surface area contributed by atoms with Gasteiger partial charge < -0.3 is 69.4 Å². The molecule has 0 spiro atoms. The molecular formula is C45H69N13O10. The summed E-state index contributed by atoms with van der Waals surface area (Å²) in [4.78, 5) is 122. The van der Waals surface area contributed by atoms with E-state index in [1.165, 1.54) is 6.92 Å². The summed E-state index contributed by atoms with van der Waals surface area (Å²) in [7, 11) is 0. The van der Waals surface area contributed by atoms with Crippen LogP contribution in [0.25, 0.3) is 10.9 Å². The van der Waals surface area contributed by atoms with Crippen LogP contribution in [0.1, 0.15) is 85.1 Å². The van der Waals surface area contributed by atoms with Crippen molar-refractivity contribution in [1.29, 1.82) is 5.41 Å². The number of aromatic amines is 1. The Balaban J connectivity index is 2.32. The maximum Gasteiger partial charge on any atom is 0.303 e. The van der Waals surface area contributed by atoms with Crippen LogP contribution in [0, 0.1) is 29.6 Å². The first kappa shape index (κ1) is 56.9. The van der Waals surface area contributed by atoms with Crippen LogP contribution in [0.5, 0.6) is 0 Å². The number of terminal acetylenes is 1. The second kappa shape index (κ2) is 29.4. The van der Waals surface area contributed by atoms with Crippen LogP contribution in [-0.2, 0) is 49.6 Å². The van der Waals surface area contributed by atoms with Crippen molar-refractivity contribution in [1.82, 2.24) is 52.8 Å². The smallest absolute Gasteiger partial charge is 0.303 e. The van der Waals surface area contributed by atoms with E-state index in [0.717, 1.165) is 16.5 Å². The maximum atomic E-state index is 14.1. The zero-order chi connectivity index (χ0) is 50.9. The molecule has 1 aromatic heterocycles. The zero-order valence-electron chi connectivity index (χ0n) is 39.3. The molecule has 0 unspecified atom stereocenters. The summed E-state index contributed by atoms with van der Waals surface area (Å²) in [5.41, 5.74) is 12.7. The van der Waals surface area contributed by atoms with Gasteiger partial charge in [-0.2, -0.15) is 0 Å². The number of hydrogen-bond acceptors (Lipinski definition) is 11. The molecule has 2 aromatic rings. The number of aliphatic carboxylic acids is 1. The number of fused-ring (bicyclic) bond motifs is 1. The number of carboxylic acid groups (broad SMARTS) is 1. The predicted molar refractivity (Wildman–Crippen MR) is 253 cm³/mol. The minimum absolute atomic E-state index is 0.0341. The number of aromatic nitrogens is 1. The second-order valence-electron chi connectivity index (χ2n) is 16.9. The van der Waals surface area contributed by atoms with Gasteiger partial charge in [-0.05, 0) is 68.5 Å². The molecule has 0 saturated carbocycles. The van der Waals surface area contributed by atoms with E-state index in [-0.39, 0.29) is 51.3 Å². The Labute approximate surface area is 395 Å². The lowest BCUT2D eigenvalue weighted by molar-refractivity contribution is -0.139. The molecule has 23 heteroatoms. The molecule has 23 nitrogen and oxygen atoms in total. The molecule has 0 radical (unpaired) electrons. The van der Waals surface area contributed by atoms with Gasteiger partial charge in [-0.25, -0.2) is 0 Å². The summed E-state index contributed by atoms with van der Waals surface area (Å²) >= 11 is 0. The first-order chi connectivity index (χ1) is 32.2. The van der Waals surface area contributed by atoms with Gasteiger partial charge in [0.25, 0.3) is 0 Å².